The van der Waals surface area contributed by atoms with Gasteiger partial charge in [0.05, 0.1) is 13.2 Å². The normalized spacial score (nSPS) is 20.1. The van der Waals surface area contributed by atoms with E-state index in [2.05, 4.69) is 10.3 Å². The van der Waals surface area contributed by atoms with E-state index in [1.54, 1.807) is 6.07 Å². The van der Waals surface area contributed by atoms with Gasteiger partial charge < -0.3 is 19.9 Å². The number of hydrogen-bond donors (Lipinski definition) is 2. The summed E-state index contributed by atoms with van der Waals surface area (Å²) >= 11 is 0. The Bertz CT molecular complexity index is 839. The van der Waals surface area contributed by atoms with Crippen LogP contribution in [0.1, 0.15) is 31.6 Å². The fourth-order valence-electron chi connectivity index (χ4n) is 3.19. The molecule has 2 heterocycles. The number of nitrogens with one attached hydrogen (secondary N) is 1. The standard InChI is InChI=1S/C20H25N3O5/c1-2-6-15(11-14-7-4-3-5-8-14)19(25)21-16-9-10-23(20(26)22-16)17-13-27-18(12-24)28-17/h3-5,7-10,15,17-18,24H,2,6,11-13H2,1H3,(H,21,22,25,26). The molecule has 3 atom stereocenters. The minimum Gasteiger partial charge on any atom is -0.391 e. The number of amides is 1. The zero-order valence-electron chi connectivity index (χ0n) is 15.8. The van der Waals surface area contributed by atoms with Crippen molar-refractivity contribution in [2.75, 3.05) is 18.5 Å². The fourth-order valence-corrected chi connectivity index (χ4v) is 3.19. The Labute approximate surface area is 163 Å². The number of hydrogen-bond acceptors (Lipinski definition) is 6. The average Bonchev–Trinajstić information content (AvgIpc) is 3.17. The summed E-state index contributed by atoms with van der Waals surface area (Å²) in [7, 11) is 0. The van der Waals surface area contributed by atoms with Gasteiger partial charge in [-0.15, -0.1) is 0 Å². The maximum absolute atomic E-state index is 12.7. The SMILES string of the molecule is CCCC(Cc1ccccc1)C(=O)Nc1ccn(C2COC(CO)O2)c(=O)n1. The molecule has 8 heteroatoms. The number of anilines is 1. The zero-order chi connectivity index (χ0) is 19.9. The largest absolute Gasteiger partial charge is 0.391 e. The minimum atomic E-state index is -0.746. The third-order valence-electron chi connectivity index (χ3n) is 4.61. The van der Waals surface area contributed by atoms with Crippen molar-refractivity contribution in [1.29, 1.82) is 0 Å². The van der Waals surface area contributed by atoms with Crippen LogP contribution in [-0.2, 0) is 20.7 Å². The summed E-state index contributed by atoms with van der Waals surface area (Å²) in [6, 6.07) is 11.4. The van der Waals surface area contributed by atoms with Crippen LogP contribution >= 0.6 is 0 Å². The van der Waals surface area contributed by atoms with E-state index in [0.29, 0.717) is 6.42 Å². The second-order valence-electron chi connectivity index (χ2n) is 6.70. The van der Waals surface area contributed by atoms with E-state index >= 15 is 0 Å². The lowest BCUT2D eigenvalue weighted by atomic mass is 9.94. The molecule has 0 spiro atoms. The van der Waals surface area contributed by atoms with Crippen LogP contribution in [0, 0.1) is 5.92 Å². The predicted octanol–water partition coefficient (Wildman–Crippen LogP) is 1.70. The number of carbonyl (C=O) groups is 1. The maximum Gasteiger partial charge on any atom is 0.351 e. The van der Waals surface area contributed by atoms with Gasteiger partial charge in [-0.05, 0) is 24.5 Å². The van der Waals surface area contributed by atoms with Gasteiger partial charge in [-0.3, -0.25) is 9.36 Å². The fraction of sp³-hybridized carbons (Fsp3) is 0.450. The Morgan fingerprint density at radius 1 is 1.36 bits per heavy atom. The van der Waals surface area contributed by atoms with Gasteiger partial charge in [0.2, 0.25) is 5.91 Å². The van der Waals surface area contributed by atoms with Crippen molar-refractivity contribution in [3.63, 3.8) is 0 Å². The summed E-state index contributed by atoms with van der Waals surface area (Å²) in [4.78, 5) is 28.9. The van der Waals surface area contributed by atoms with E-state index in [9.17, 15) is 9.59 Å². The summed E-state index contributed by atoms with van der Waals surface area (Å²) in [6.07, 6.45) is 2.37. The number of nitrogens with zero attached hydrogens (tertiary/aromatic N) is 2. The third-order valence-corrected chi connectivity index (χ3v) is 4.61. The quantitative estimate of drug-likeness (QED) is 0.715. The van der Waals surface area contributed by atoms with Gasteiger partial charge in [-0.25, -0.2) is 4.79 Å². The Morgan fingerprint density at radius 3 is 2.79 bits per heavy atom. The van der Waals surface area contributed by atoms with Crippen molar-refractivity contribution in [2.45, 2.75) is 38.7 Å². The lowest BCUT2D eigenvalue weighted by Gasteiger charge is -2.17. The number of rotatable bonds is 8. The lowest BCUT2D eigenvalue weighted by Crippen LogP contribution is -2.31. The van der Waals surface area contributed by atoms with Crippen LogP contribution in [0.4, 0.5) is 5.82 Å². The molecule has 8 nitrogen and oxygen atoms in total. The molecule has 28 heavy (non-hydrogen) atoms. The maximum atomic E-state index is 12.7. The molecule has 150 valence electrons. The highest BCUT2D eigenvalue weighted by Gasteiger charge is 2.27. The van der Waals surface area contributed by atoms with Crippen LogP contribution in [0.3, 0.4) is 0 Å². The van der Waals surface area contributed by atoms with Crippen molar-refractivity contribution in [3.8, 4) is 0 Å². The van der Waals surface area contributed by atoms with E-state index < -0.39 is 18.2 Å². The van der Waals surface area contributed by atoms with Gasteiger partial charge in [0.1, 0.15) is 5.82 Å². The highest BCUT2D eigenvalue weighted by atomic mass is 16.7. The molecule has 0 radical (unpaired) electrons. The summed E-state index contributed by atoms with van der Waals surface area (Å²) in [5, 5.41) is 11.8. The molecule has 2 N–H and O–H groups in total. The second kappa shape index (κ2) is 9.59. The molecule has 0 bridgehead atoms. The van der Waals surface area contributed by atoms with Gasteiger partial charge in [-0.1, -0.05) is 43.7 Å². The first-order chi connectivity index (χ1) is 13.6. The first kappa shape index (κ1) is 20.2. The smallest absolute Gasteiger partial charge is 0.351 e. The first-order valence-corrected chi connectivity index (χ1v) is 9.42. The van der Waals surface area contributed by atoms with Crippen molar-refractivity contribution in [1.82, 2.24) is 9.55 Å². The molecule has 1 amide bonds. The highest BCUT2D eigenvalue weighted by Crippen LogP contribution is 2.20. The predicted molar refractivity (Wildman–Crippen MR) is 103 cm³/mol. The molecule has 2 aromatic rings. The van der Waals surface area contributed by atoms with Crippen LogP contribution in [0.2, 0.25) is 0 Å². The van der Waals surface area contributed by atoms with Crippen LogP contribution in [-0.4, -0.2) is 40.1 Å². The highest BCUT2D eigenvalue weighted by molar-refractivity contribution is 5.91. The van der Waals surface area contributed by atoms with E-state index in [4.69, 9.17) is 14.6 Å². The molecule has 1 aliphatic rings. The van der Waals surface area contributed by atoms with E-state index in [-0.39, 0.29) is 30.9 Å². The molecule has 3 unspecified atom stereocenters. The van der Waals surface area contributed by atoms with Crippen LogP contribution < -0.4 is 11.0 Å². The lowest BCUT2D eigenvalue weighted by molar-refractivity contribution is -0.120. The number of ether oxygens (including phenoxy) is 2. The van der Waals surface area contributed by atoms with Crippen molar-refractivity contribution >= 4 is 11.7 Å². The van der Waals surface area contributed by atoms with Crippen LogP contribution in [0.25, 0.3) is 0 Å². The van der Waals surface area contributed by atoms with Crippen LogP contribution in [0.15, 0.2) is 47.4 Å². The molecule has 1 aliphatic heterocycles. The van der Waals surface area contributed by atoms with Gasteiger partial charge in [0.25, 0.3) is 0 Å². The van der Waals surface area contributed by atoms with E-state index in [0.717, 1.165) is 18.4 Å². The summed E-state index contributed by atoms with van der Waals surface area (Å²) in [5.74, 6) is -0.150. The zero-order valence-corrected chi connectivity index (χ0v) is 15.8. The molecule has 1 fully saturated rings. The molecule has 1 saturated heterocycles. The third kappa shape index (κ3) is 5.03. The molecule has 3 rings (SSSR count). The van der Waals surface area contributed by atoms with E-state index in [1.807, 2.05) is 37.3 Å². The first-order valence-electron chi connectivity index (χ1n) is 9.42. The summed E-state index contributed by atoms with van der Waals surface area (Å²) in [5.41, 5.74) is 0.538. The number of aliphatic hydroxyl groups is 1. The minimum absolute atomic E-state index is 0.147. The Balaban J connectivity index is 1.67. The van der Waals surface area contributed by atoms with Gasteiger partial charge in [0.15, 0.2) is 12.5 Å². The van der Waals surface area contributed by atoms with Gasteiger partial charge in [0, 0.05) is 12.1 Å². The topological polar surface area (TPSA) is 103 Å². The van der Waals surface area contributed by atoms with E-state index in [1.165, 1.54) is 10.8 Å². The molecule has 0 saturated carbocycles. The second-order valence-corrected chi connectivity index (χ2v) is 6.70. The molecule has 1 aromatic heterocycles. The van der Waals surface area contributed by atoms with Crippen molar-refractivity contribution in [3.05, 3.63) is 58.6 Å². The van der Waals surface area contributed by atoms with Crippen molar-refractivity contribution in [2.24, 2.45) is 5.92 Å². The molecular weight excluding hydrogens is 362 g/mol. The molecular formula is C20H25N3O5. The summed E-state index contributed by atoms with van der Waals surface area (Å²) < 4.78 is 11.9. The van der Waals surface area contributed by atoms with Crippen molar-refractivity contribution < 1.29 is 19.4 Å². The van der Waals surface area contributed by atoms with Gasteiger partial charge >= 0.3 is 5.69 Å². The van der Waals surface area contributed by atoms with Gasteiger partial charge in [-0.2, -0.15) is 4.98 Å². The number of aromatic nitrogens is 2. The Morgan fingerprint density at radius 2 is 2.14 bits per heavy atom. The van der Waals surface area contributed by atoms with Crippen LogP contribution in [0.5, 0.6) is 0 Å². The molecule has 0 aliphatic carbocycles. The Hall–Kier alpha value is -2.55. The monoisotopic (exact) mass is 387 g/mol. The Kier molecular flexibility index (Phi) is 6.91. The molecule has 1 aromatic carbocycles. The average molecular weight is 387 g/mol. The number of benzene rings is 1. The number of aliphatic hydroxyl groups excluding tert-OH is 1. The summed E-state index contributed by atoms with van der Waals surface area (Å²) in [6.45, 7) is 1.90. The number of carbonyl (C=O) groups excluding carboxylic acids is 1.